The standard InChI is InChI=1S/C14H24N2O/c1-5-6-11(9-15)13(17)16-8-7-12(10-16)14(2,3)4/h11-12H,5-8,10H2,1-4H3. The van der Waals surface area contributed by atoms with Crippen LogP contribution in [0.5, 0.6) is 0 Å². The molecule has 1 aliphatic rings. The summed E-state index contributed by atoms with van der Waals surface area (Å²) in [5, 5.41) is 9.02. The van der Waals surface area contributed by atoms with Crippen LogP contribution in [0.3, 0.4) is 0 Å². The lowest BCUT2D eigenvalue weighted by molar-refractivity contribution is -0.133. The van der Waals surface area contributed by atoms with Crippen LogP contribution in [0, 0.1) is 28.6 Å². The van der Waals surface area contributed by atoms with Crippen LogP contribution in [0.15, 0.2) is 0 Å². The van der Waals surface area contributed by atoms with Gasteiger partial charge in [-0.1, -0.05) is 34.1 Å². The lowest BCUT2D eigenvalue weighted by Crippen LogP contribution is -2.35. The zero-order valence-corrected chi connectivity index (χ0v) is 11.5. The van der Waals surface area contributed by atoms with Gasteiger partial charge >= 0.3 is 0 Å². The molecule has 0 aliphatic carbocycles. The first kappa shape index (κ1) is 14.0. The highest BCUT2D eigenvalue weighted by atomic mass is 16.2. The number of nitriles is 1. The molecule has 0 radical (unpaired) electrons. The summed E-state index contributed by atoms with van der Waals surface area (Å²) in [6, 6.07) is 2.14. The predicted molar refractivity (Wildman–Crippen MR) is 68.2 cm³/mol. The Morgan fingerprint density at radius 1 is 1.53 bits per heavy atom. The fourth-order valence-electron chi connectivity index (χ4n) is 2.42. The fraction of sp³-hybridized carbons (Fsp3) is 0.857. The molecule has 1 amide bonds. The summed E-state index contributed by atoms with van der Waals surface area (Å²) >= 11 is 0. The Morgan fingerprint density at radius 3 is 2.59 bits per heavy atom. The van der Waals surface area contributed by atoms with E-state index in [0.29, 0.717) is 12.3 Å². The predicted octanol–water partition coefficient (Wildman–Crippen LogP) is 2.82. The van der Waals surface area contributed by atoms with Gasteiger partial charge in [0.2, 0.25) is 5.91 Å². The van der Waals surface area contributed by atoms with Crippen molar-refractivity contribution < 1.29 is 4.79 Å². The maximum Gasteiger partial charge on any atom is 0.239 e. The molecule has 2 atom stereocenters. The third-order valence-corrected chi connectivity index (χ3v) is 3.76. The van der Waals surface area contributed by atoms with Gasteiger partial charge in [-0.15, -0.1) is 0 Å². The Kier molecular flexibility index (Phi) is 4.56. The molecule has 0 spiro atoms. The van der Waals surface area contributed by atoms with Gasteiger partial charge in [0.1, 0.15) is 5.92 Å². The minimum absolute atomic E-state index is 0.0427. The molecule has 2 unspecified atom stereocenters. The lowest BCUT2D eigenvalue weighted by atomic mass is 9.80. The van der Waals surface area contributed by atoms with Gasteiger partial charge in [-0.25, -0.2) is 0 Å². The van der Waals surface area contributed by atoms with E-state index in [1.54, 1.807) is 0 Å². The molecule has 3 heteroatoms. The van der Waals surface area contributed by atoms with Crippen molar-refractivity contribution >= 4 is 5.91 Å². The zero-order valence-electron chi connectivity index (χ0n) is 11.5. The second kappa shape index (κ2) is 5.53. The van der Waals surface area contributed by atoms with Crippen molar-refractivity contribution in [2.45, 2.75) is 47.0 Å². The van der Waals surface area contributed by atoms with Crippen LogP contribution >= 0.6 is 0 Å². The summed E-state index contributed by atoms with van der Waals surface area (Å²) in [4.78, 5) is 14.0. The number of likely N-dealkylation sites (tertiary alicyclic amines) is 1. The van der Waals surface area contributed by atoms with Crippen molar-refractivity contribution in [3.05, 3.63) is 0 Å². The Morgan fingerprint density at radius 2 is 2.18 bits per heavy atom. The number of nitrogens with zero attached hydrogens (tertiary/aromatic N) is 2. The van der Waals surface area contributed by atoms with Crippen molar-refractivity contribution in [1.29, 1.82) is 5.26 Å². The summed E-state index contributed by atoms with van der Waals surface area (Å²) in [6.45, 7) is 10.3. The maximum atomic E-state index is 12.1. The van der Waals surface area contributed by atoms with Crippen molar-refractivity contribution in [2.24, 2.45) is 17.3 Å². The van der Waals surface area contributed by atoms with E-state index < -0.39 is 5.92 Å². The number of hydrogen-bond donors (Lipinski definition) is 0. The first-order chi connectivity index (χ1) is 7.90. The average molecular weight is 236 g/mol. The smallest absolute Gasteiger partial charge is 0.239 e. The summed E-state index contributed by atoms with van der Waals surface area (Å²) in [5.74, 6) is 0.173. The van der Waals surface area contributed by atoms with Gasteiger partial charge in [-0.2, -0.15) is 5.26 Å². The molecule has 1 aliphatic heterocycles. The van der Waals surface area contributed by atoms with Crippen LogP contribution in [-0.2, 0) is 4.79 Å². The Balaban J connectivity index is 2.59. The van der Waals surface area contributed by atoms with Crippen molar-refractivity contribution in [1.82, 2.24) is 4.90 Å². The second-order valence-corrected chi connectivity index (χ2v) is 6.11. The molecule has 0 bridgehead atoms. The van der Waals surface area contributed by atoms with Crippen molar-refractivity contribution in [2.75, 3.05) is 13.1 Å². The first-order valence-corrected chi connectivity index (χ1v) is 6.58. The van der Waals surface area contributed by atoms with E-state index >= 15 is 0 Å². The summed E-state index contributed by atoms with van der Waals surface area (Å²) in [7, 11) is 0. The molecule has 0 aromatic rings. The van der Waals surface area contributed by atoms with Crippen LogP contribution < -0.4 is 0 Å². The van der Waals surface area contributed by atoms with Crippen LogP contribution in [0.4, 0.5) is 0 Å². The Hall–Kier alpha value is -1.04. The van der Waals surface area contributed by atoms with Gasteiger partial charge < -0.3 is 4.90 Å². The summed E-state index contributed by atoms with van der Waals surface area (Å²) in [5.41, 5.74) is 0.252. The van der Waals surface area contributed by atoms with Crippen LogP contribution in [0.25, 0.3) is 0 Å². The normalized spacial score (nSPS) is 22.3. The maximum absolute atomic E-state index is 12.1. The molecule has 1 fully saturated rings. The van der Waals surface area contributed by atoms with E-state index in [-0.39, 0.29) is 11.3 Å². The van der Waals surface area contributed by atoms with E-state index in [1.807, 2.05) is 11.8 Å². The van der Waals surface area contributed by atoms with Crippen molar-refractivity contribution in [3.63, 3.8) is 0 Å². The highest BCUT2D eigenvalue weighted by Crippen LogP contribution is 2.34. The molecule has 1 heterocycles. The number of carbonyl (C=O) groups is 1. The van der Waals surface area contributed by atoms with Gasteiger partial charge in [-0.3, -0.25) is 4.79 Å². The van der Waals surface area contributed by atoms with Gasteiger partial charge in [0.25, 0.3) is 0 Å². The number of hydrogen-bond acceptors (Lipinski definition) is 2. The molecule has 0 N–H and O–H groups in total. The zero-order chi connectivity index (χ0) is 13.1. The topological polar surface area (TPSA) is 44.1 Å². The quantitative estimate of drug-likeness (QED) is 0.756. The molecule has 0 aromatic carbocycles. The Bertz CT molecular complexity index is 311. The van der Waals surface area contributed by atoms with E-state index in [0.717, 1.165) is 25.9 Å². The fourth-order valence-corrected chi connectivity index (χ4v) is 2.42. The van der Waals surface area contributed by atoms with Gasteiger partial charge in [0.05, 0.1) is 6.07 Å². The summed E-state index contributed by atoms with van der Waals surface area (Å²) < 4.78 is 0. The van der Waals surface area contributed by atoms with Gasteiger partial charge in [-0.05, 0) is 24.2 Å². The SMILES string of the molecule is CCCC(C#N)C(=O)N1CCC(C(C)(C)C)C1. The molecular formula is C14H24N2O. The van der Waals surface area contributed by atoms with Crippen molar-refractivity contribution in [3.8, 4) is 6.07 Å². The first-order valence-electron chi connectivity index (χ1n) is 6.58. The lowest BCUT2D eigenvalue weighted by Gasteiger charge is -2.27. The monoisotopic (exact) mass is 236 g/mol. The molecule has 17 heavy (non-hydrogen) atoms. The molecule has 1 saturated heterocycles. The van der Waals surface area contributed by atoms with E-state index in [1.165, 1.54) is 0 Å². The average Bonchev–Trinajstić information content (AvgIpc) is 2.73. The van der Waals surface area contributed by atoms with E-state index in [9.17, 15) is 4.79 Å². The Labute approximate surface area is 105 Å². The third kappa shape index (κ3) is 3.46. The highest BCUT2D eigenvalue weighted by Gasteiger charge is 2.35. The molecule has 96 valence electrons. The highest BCUT2D eigenvalue weighted by molar-refractivity contribution is 5.81. The van der Waals surface area contributed by atoms with Crippen LogP contribution in [0.1, 0.15) is 47.0 Å². The van der Waals surface area contributed by atoms with E-state index in [2.05, 4.69) is 26.8 Å². The van der Waals surface area contributed by atoms with Gasteiger partial charge in [0.15, 0.2) is 0 Å². The minimum atomic E-state index is -0.432. The third-order valence-electron chi connectivity index (χ3n) is 3.76. The number of rotatable bonds is 3. The second-order valence-electron chi connectivity index (χ2n) is 6.11. The number of carbonyl (C=O) groups excluding carboxylic acids is 1. The molecular weight excluding hydrogens is 212 g/mol. The minimum Gasteiger partial charge on any atom is -0.341 e. The largest absolute Gasteiger partial charge is 0.341 e. The van der Waals surface area contributed by atoms with Gasteiger partial charge in [0, 0.05) is 13.1 Å². The summed E-state index contributed by atoms with van der Waals surface area (Å²) in [6.07, 6.45) is 2.64. The molecule has 3 nitrogen and oxygen atoms in total. The van der Waals surface area contributed by atoms with Crippen LogP contribution in [-0.4, -0.2) is 23.9 Å². The molecule has 0 saturated carbocycles. The molecule has 0 aromatic heterocycles. The van der Waals surface area contributed by atoms with E-state index in [4.69, 9.17) is 5.26 Å². The van der Waals surface area contributed by atoms with Crippen LogP contribution in [0.2, 0.25) is 0 Å². The number of amides is 1. The molecule has 1 rings (SSSR count).